The smallest absolute Gasteiger partial charge is 0.325 e. The van der Waals surface area contributed by atoms with Gasteiger partial charge in [-0.05, 0) is 218 Å². The number of amides is 10. The number of halogens is 1. The number of phenols is 2. The van der Waals surface area contributed by atoms with E-state index in [9.17, 15) is 50.1 Å². The van der Waals surface area contributed by atoms with E-state index in [0.717, 1.165) is 44.2 Å². The number of anilines is 1. The van der Waals surface area contributed by atoms with E-state index >= 15 is 28.8 Å². The van der Waals surface area contributed by atoms with E-state index < -0.39 is 180 Å². The Morgan fingerprint density at radius 3 is 1.94 bits per heavy atom. The average Bonchev–Trinajstić information content (AvgIpc) is 0.760. The molecule has 10 aliphatic rings. The quantitative estimate of drug-likeness (QED) is 0.0577. The molecule has 4 aliphatic carbocycles. The Bertz CT molecular complexity index is 4710. The first kappa shape index (κ1) is 82.3. The minimum atomic E-state index is -2.31. The summed E-state index contributed by atoms with van der Waals surface area (Å²) in [6, 6.07) is 7.29. The summed E-state index contributed by atoms with van der Waals surface area (Å²) >= 11 is 7.20. The maximum absolute atomic E-state index is 16.5. The van der Waals surface area contributed by atoms with Gasteiger partial charge in [0.05, 0.1) is 24.1 Å². The number of benzene rings is 6. The van der Waals surface area contributed by atoms with Crippen molar-refractivity contribution in [3.05, 3.63) is 147 Å². The van der Waals surface area contributed by atoms with Crippen LogP contribution in [0.3, 0.4) is 0 Å². The molecule has 1 saturated heterocycles. The molecule has 5 fully saturated rings. The first-order valence-corrected chi connectivity index (χ1v) is 38.5. The average molecular weight is 1610 g/mol. The van der Waals surface area contributed by atoms with Crippen molar-refractivity contribution < 1.29 is 107 Å². The van der Waals surface area contributed by atoms with E-state index in [4.69, 9.17) is 45.8 Å². The van der Waals surface area contributed by atoms with Gasteiger partial charge in [0.1, 0.15) is 108 Å². The van der Waals surface area contributed by atoms with Gasteiger partial charge in [0.15, 0.2) is 11.5 Å². The Balaban J connectivity index is 0.986. The third-order valence-electron chi connectivity index (χ3n) is 22.4. The second-order valence-corrected chi connectivity index (χ2v) is 31.3. The van der Waals surface area contributed by atoms with E-state index in [-0.39, 0.29) is 116 Å². The molecule has 612 valence electrons. The Morgan fingerprint density at radius 1 is 0.643 bits per heavy atom. The van der Waals surface area contributed by atoms with Crippen LogP contribution in [0.1, 0.15) is 128 Å². The van der Waals surface area contributed by atoms with Crippen molar-refractivity contribution in [1.82, 2.24) is 47.9 Å². The number of aromatic hydroxyl groups is 2. The highest BCUT2D eigenvalue weighted by molar-refractivity contribution is 6.32. The summed E-state index contributed by atoms with van der Waals surface area (Å²) in [5.41, 5.74) is 5.81. The number of methoxy groups -OCH3 is 1. The van der Waals surface area contributed by atoms with Gasteiger partial charge in [-0.2, -0.15) is 0 Å². The van der Waals surface area contributed by atoms with Gasteiger partial charge in [-0.1, -0.05) is 43.6 Å². The highest BCUT2D eigenvalue weighted by Gasteiger charge is 2.51. The number of phenolic OH excluding ortho intramolecular Hbond substituents is 2. The molecule has 0 aromatic heterocycles. The number of imide groups is 1. The van der Waals surface area contributed by atoms with Crippen LogP contribution >= 0.6 is 11.6 Å². The van der Waals surface area contributed by atoms with Gasteiger partial charge < -0.3 is 118 Å². The molecule has 14 atom stereocenters. The maximum atomic E-state index is 16.5. The maximum Gasteiger partial charge on any atom is 0.325 e. The summed E-state index contributed by atoms with van der Waals surface area (Å²) in [6.45, 7) is 6.83. The lowest BCUT2D eigenvalue weighted by atomic mass is 9.54. The summed E-state index contributed by atoms with van der Waals surface area (Å²) < 4.78 is 36.6. The van der Waals surface area contributed by atoms with E-state index in [1.165, 1.54) is 112 Å². The first-order valence-electron chi connectivity index (χ1n) is 38.1. The number of hydrogen-bond acceptors (Lipinski definition) is 24. The van der Waals surface area contributed by atoms with Crippen LogP contribution in [0.15, 0.2) is 103 Å². The van der Waals surface area contributed by atoms with Crippen LogP contribution in [0.2, 0.25) is 5.02 Å². The molecule has 6 aliphatic heterocycles. The van der Waals surface area contributed by atoms with E-state index in [1.54, 1.807) is 6.92 Å². The molecule has 34 heteroatoms. The SMILES string of the molecule is CN[C@H](CC(C)C)C(=O)N[C@H]1C(=O)N[C@@H](CC(=O)NC(=O)Nc2ccc(OCCOC)cc2)C(=O)N[C@H]2C(=O)N[C@H]3C(=O)N[C@H](C(=O)N[C@H](C(=O)NC4C5CC6CC(C5)CC4C6)c4cc(O)cc(C)c4-c4cc3ccc4O)[C@H](O)c3ccc(c(Cl)c3)Oc3cc2cc(c3O[C@@H]2O[C@H](CN)[C@@H](O)[C@H](O)[C@H]2O)Oc2ccc(cc2C)[C@H]1O. The fourth-order valence-corrected chi connectivity index (χ4v) is 17.0. The Labute approximate surface area is 665 Å². The molecule has 6 heterocycles. The zero-order chi connectivity index (χ0) is 82.1. The predicted molar refractivity (Wildman–Crippen MR) is 411 cm³/mol. The van der Waals surface area contributed by atoms with Gasteiger partial charge in [0.2, 0.25) is 59.3 Å². The number of carbonyl (C=O) groups excluding carboxylic acids is 9. The van der Waals surface area contributed by atoms with Gasteiger partial charge in [-0.3, -0.25) is 43.7 Å². The highest BCUT2D eigenvalue weighted by Crippen LogP contribution is 2.55. The lowest BCUT2D eigenvalue weighted by molar-refractivity contribution is -0.270. The molecular formula is C81H94ClN11O22. The Hall–Kier alpha value is -10.7. The second-order valence-electron chi connectivity index (χ2n) is 30.9. The van der Waals surface area contributed by atoms with Gasteiger partial charge in [-0.15, -0.1) is 0 Å². The summed E-state index contributed by atoms with van der Waals surface area (Å²) in [4.78, 5) is 138. The summed E-state index contributed by atoms with van der Waals surface area (Å²) in [7, 11) is 3.00. The number of nitrogens with one attached hydrogen (secondary N) is 10. The molecule has 10 amide bonds. The molecule has 6 aromatic rings. The minimum absolute atomic E-state index is 0.0325. The standard InChI is InChI=1S/C81H94ClN11O22/c1-34(2)19-51(84-5)73(102)92-65-67(97)40-8-15-54(35(3)20-40)112-56-29-44-30-57(72(56)115-80-71(101)70(100)69(99)58(33-83)114-80)113-55-16-9-41(28-50(55)82)68(98)66-79(108)91-64(77(106)88-61-42-23-37-22-38(25-42)26-43(61)24-37)49-31-46(94)21-36(4)60(49)48-27-39(7-14-53(48)95)62(75(104)93-66)90-76(105)63(44)89-74(103)52(86-78(65)107)32-59(96)87-81(109)85-45-10-12-47(13-11-45)111-18-17-110-6/h7-16,20-21,27-31,34,37-38,42-43,51-52,58,61-71,80,84,94-95,97-101H,17-19,22-26,32-33,83H2,1-6H3,(H,86,107)(H,88,106)(H,89,103)(H,90,105)(H,91,108)(H,92,102)(H,93,104)(H2,85,87,96,109)/t37?,38?,42?,43?,51-,52+,58-,61?,62-,63-,64+,65-,66+,67-,68-,69-,70+,71-,80+/m1/s1. The summed E-state index contributed by atoms with van der Waals surface area (Å²) in [6.07, 6.45) is -9.62. The molecule has 15 bridgehead atoms. The molecule has 19 N–H and O–H groups in total. The number of aryl methyl sites for hydroxylation is 2. The van der Waals surface area contributed by atoms with Crippen LogP contribution in [-0.4, -0.2) is 184 Å². The van der Waals surface area contributed by atoms with Gasteiger partial charge >= 0.3 is 6.03 Å². The third kappa shape index (κ3) is 17.9. The van der Waals surface area contributed by atoms with Crippen LogP contribution in [0, 0.1) is 43.4 Å². The van der Waals surface area contributed by atoms with Crippen LogP contribution in [0.4, 0.5) is 10.5 Å². The van der Waals surface area contributed by atoms with Crippen LogP contribution in [0.25, 0.3) is 11.1 Å². The number of carbonyl (C=O) groups is 9. The molecular weight excluding hydrogens is 1510 g/mol. The molecule has 0 radical (unpaired) electrons. The largest absolute Gasteiger partial charge is 0.508 e. The predicted octanol–water partition coefficient (Wildman–Crippen LogP) is 3.84. The molecule has 115 heavy (non-hydrogen) atoms. The number of aliphatic hydroxyl groups excluding tert-OH is 5. The Kier molecular flexibility index (Phi) is 24.9. The van der Waals surface area contributed by atoms with Crippen LogP contribution < -0.4 is 77.8 Å². The van der Waals surface area contributed by atoms with Gasteiger partial charge in [0.25, 0.3) is 0 Å². The van der Waals surface area contributed by atoms with E-state index in [2.05, 4.69) is 53.2 Å². The summed E-state index contributed by atoms with van der Waals surface area (Å²) in [5, 5.41) is 109. The number of hydrogen-bond donors (Lipinski definition) is 18. The molecule has 33 nitrogen and oxygen atoms in total. The van der Waals surface area contributed by atoms with Crippen molar-refractivity contribution in [3.8, 4) is 57.1 Å². The van der Waals surface area contributed by atoms with E-state index in [1.807, 2.05) is 13.8 Å². The number of ether oxygens (including phenoxy) is 6. The number of nitrogens with two attached hydrogens (primary N) is 1. The fraction of sp³-hybridized carbons (Fsp3) is 0.444. The van der Waals surface area contributed by atoms with Crippen LogP contribution in [0.5, 0.6) is 46.0 Å². The Morgan fingerprint density at radius 2 is 1.29 bits per heavy atom. The molecule has 6 aromatic carbocycles. The monoisotopic (exact) mass is 1610 g/mol. The topological polar surface area (TPSA) is 497 Å². The molecule has 16 rings (SSSR count). The number of fused-ring (bicyclic) bond motifs is 15. The third-order valence-corrected chi connectivity index (χ3v) is 22.7. The van der Waals surface area contributed by atoms with Crippen molar-refractivity contribution in [2.75, 3.05) is 39.2 Å². The first-order chi connectivity index (χ1) is 54.9. The fourth-order valence-electron chi connectivity index (χ4n) is 16.8. The normalized spacial score (nSPS) is 27.9. The van der Waals surface area contributed by atoms with Crippen molar-refractivity contribution >= 4 is 70.6 Å². The number of rotatable bonds is 17. The second kappa shape index (κ2) is 34.8. The number of urea groups is 1. The lowest BCUT2D eigenvalue weighted by Gasteiger charge is -2.54. The zero-order valence-electron chi connectivity index (χ0n) is 63.6. The molecule has 0 spiro atoms. The van der Waals surface area contributed by atoms with E-state index in [0.29, 0.717) is 17.6 Å². The van der Waals surface area contributed by atoms with Crippen molar-refractivity contribution in [3.63, 3.8) is 0 Å². The van der Waals surface area contributed by atoms with Gasteiger partial charge in [-0.25, -0.2) is 4.79 Å². The molecule has 4 saturated carbocycles. The van der Waals surface area contributed by atoms with Crippen LogP contribution in [-0.2, 0) is 47.8 Å². The summed E-state index contributed by atoms with van der Waals surface area (Å²) in [5.74, 6) is -10.5. The zero-order valence-corrected chi connectivity index (χ0v) is 64.4. The van der Waals surface area contributed by atoms with Gasteiger partial charge in [0, 0.05) is 30.9 Å². The lowest BCUT2D eigenvalue weighted by Crippen LogP contribution is -2.60. The van der Waals surface area contributed by atoms with Crippen molar-refractivity contribution in [2.45, 2.75) is 164 Å². The van der Waals surface area contributed by atoms with Crippen molar-refractivity contribution in [1.29, 1.82) is 0 Å². The number of likely N-dealkylation sites (N-methyl/N-ethyl adjacent to an activating group) is 1. The minimum Gasteiger partial charge on any atom is -0.508 e. The van der Waals surface area contributed by atoms with Crippen molar-refractivity contribution in [2.24, 2.45) is 35.3 Å². The highest BCUT2D eigenvalue weighted by atomic mass is 35.5. The molecule has 0 unspecified atom stereocenters. The number of aliphatic hydroxyl groups is 5.